The fourth-order valence-electron chi connectivity index (χ4n) is 1.71. The Morgan fingerprint density at radius 1 is 1.24 bits per heavy atom. The van der Waals surface area contributed by atoms with E-state index in [1.54, 1.807) is 25.3 Å². The van der Waals surface area contributed by atoms with Crippen molar-refractivity contribution in [1.29, 1.82) is 0 Å². The summed E-state index contributed by atoms with van der Waals surface area (Å²) >= 11 is 0. The molecule has 0 aliphatic rings. The molecule has 21 heavy (non-hydrogen) atoms. The van der Waals surface area contributed by atoms with Crippen molar-refractivity contribution in [2.24, 2.45) is 0 Å². The van der Waals surface area contributed by atoms with Crippen LogP contribution in [-0.4, -0.2) is 35.9 Å². The van der Waals surface area contributed by atoms with Crippen LogP contribution in [0.4, 0.5) is 5.82 Å². The van der Waals surface area contributed by atoms with Gasteiger partial charge in [-0.25, -0.2) is 4.98 Å². The van der Waals surface area contributed by atoms with Gasteiger partial charge < -0.3 is 16.0 Å². The summed E-state index contributed by atoms with van der Waals surface area (Å²) in [5.41, 5.74) is 0.445. The topological polar surface area (TPSA) is 83.1 Å². The highest BCUT2D eigenvalue weighted by atomic mass is 16.2. The number of pyridine rings is 1. The van der Waals surface area contributed by atoms with Gasteiger partial charge in [0.1, 0.15) is 11.9 Å². The molecular weight excluding hydrogens is 268 g/mol. The average molecular weight is 292 g/mol. The van der Waals surface area contributed by atoms with E-state index in [0.29, 0.717) is 17.9 Å². The van der Waals surface area contributed by atoms with Crippen LogP contribution in [0, 0.1) is 0 Å². The van der Waals surface area contributed by atoms with Crippen molar-refractivity contribution >= 4 is 17.6 Å². The Morgan fingerprint density at radius 3 is 2.62 bits per heavy atom. The molecule has 0 aliphatic heterocycles. The average Bonchev–Trinajstić information content (AvgIpc) is 2.50. The number of hydrogen-bond donors (Lipinski definition) is 3. The number of amides is 2. The quantitative estimate of drug-likeness (QED) is 0.679. The second-order valence-corrected chi connectivity index (χ2v) is 4.81. The van der Waals surface area contributed by atoms with Crippen LogP contribution in [0.2, 0.25) is 0 Å². The maximum Gasteiger partial charge on any atom is 0.255 e. The lowest BCUT2D eigenvalue weighted by molar-refractivity contribution is -0.122. The zero-order valence-corrected chi connectivity index (χ0v) is 12.9. The lowest BCUT2D eigenvalue weighted by Crippen LogP contribution is -2.45. The van der Waals surface area contributed by atoms with Crippen LogP contribution in [0.3, 0.4) is 0 Å². The molecule has 0 spiro atoms. The van der Waals surface area contributed by atoms with Crippen LogP contribution in [0.25, 0.3) is 0 Å². The van der Waals surface area contributed by atoms with Crippen molar-refractivity contribution in [3.63, 3.8) is 0 Å². The minimum atomic E-state index is -0.580. The Bertz CT molecular complexity index is 476. The van der Waals surface area contributed by atoms with Gasteiger partial charge in [-0.1, -0.05) is 13.8 Å². The summed E-state index contributed by atoms with van der Waals surface area (Å²) < 4.78 is 0. The fourth-order valence-corrected chi connectivity index (χ4v) is 1.71. The van der Waals surface area contributed by atoms with E-state index < -0.39 is 6.04 Å². The van der Waals surface area contributed by atoms with Crippen LogP contribution >= 0.6 is 0 Å². The van der Waals surface area contributed by atoms with Crippen LogP contribution in [0.15, 0.2) is 18.3 Å². The standard InChI is InChI=1S/C15H24N4O2/c1-4-8-16-13-12(7-6-10-17-13)15(21)19-11(3)14(20)18-9-5-2/h6-7,10-11H,4-5,8-9H2,1-3H3,(H,16,17)(H,18,20)(H,19,21). The first kappa shape index (κ1) is 16.9. The van der Waals surface area contributed by atoms with Gasteiger partial charge >= 0.3 is 0 Å². The number of hydrogen-bond acceptors (Lipinski definition) is 4. The molecule has 1 aromatic heterocycles. The van der Waals surface area contributed by atoms with Gasteiger partial charge in [0.25, 0.3) is 5.91 Å². The minimum absolute atomic E-state index is 0.183. The smallest absolute Gasteiger partial charge is 0.255 e. The lowest BCUT2D eigenvalue weighted by Gasteiger charge is -2.15. The molecule has 116 valence electrons. The summed E-state index contributed by atoms with van der Waals surface area (Å²) in [4.78, 5) is 28.2. The molecule has 2 amide bonds. The second kappa shape index (κ2) is 8.94. The van der Waals surface area contributed by atoms with Crippen LogP contribution in [0.1, 0.15) is 44.0 Å². The first-order valence-corrected chi connectivity index (χ1v) is 7.37. The summed E-state index contributed by atoms with van der Waals surface area (Å²) in [7, 11) is 0. The van der Waals surface area contributed by atoms with Crippen molar-refractivity contribution in [2.75, 3.05) is 18.4 Å². The molecule has 0 saturated carbocycles. The number of aromatic nitrogens is 1. The second-order valence-electron chi connectivity index (χ2n) is 4.81. The molecule has 6 nitrogen and oxygen atoms in total. The van der Waals surface area contributed by atoms with Gasteiger partial charge in [0, 0.05) is 19.3 Å². The van der Waals surface area contributed by atoms with E-state index in [0.717, 1.165) is 19.4 Å². The van der Waals surface area contributed by atoms with Gasteiger partial charge in [-0.2, -0.15) is 0 Å². The van der Waals surface area contributed by atoms with Crippen LogP contribution in [0.5, 0.6) is 0 Å². The summed E-state index contributed by atoms with van der Waals surface area (Å²) in [5, 5.41) is 8.55. The highest BCUT2D eigenvalue weighted by Gasteiger charge is 2.18. The molecule has 0 aromatic carbocycles. The third-order valence-corrected chi connectivity index (χ3v) is 2.88. The molecule has 1 rings (SSSR count). The Morgan fingerprint density at radius 2 is 1.95 bits per heavy atom. The maximum absolute atomic E-state index is 12.2. The zero-order chi connectivity index (χ0) is 15.7. The van der Waals surface area contributed by atoms with Crippen molar-refractivity contribution in [2.45, 2.75) is 39.7 Å². The van der Waals surface area contributed by atoms with Gasteiger partial charge in [-0.15, -0.1) is 0 Å². The van der Waals surface area contributed by atoms with E-state index in [-0.39, 0.29) is 11.8 Å². The number of nitrogens with one attached hydrogen (secondary N) is 3. The summed E-state index contributed by atoms with van der Waals surface area (Å²) in [6.07, 6.45) is 3.43. The monoisotopic (exact) mass is 292 g/mol. The number of rotatable bonds is 8. The molecule has 0 saturated heterocycles. The first-order valence-electron chi connectivity index (χ1n) is 7.37. The third-order valence-electron chi connectivity index (χ3n) is 2.88. The van der Waals surface area contributed by atoms with Crippen molar-refractivity contribution in [1.82, 2.24) is 15.6 Å². The van der Waals surface area contributed by atoms with Gasteiger partial charge in [0.05, 0.1) is 5.56 Å². The summed E-state index contributed by atoms with van der Waals surface area (Å²) in [6.45, 7) is 7.03. The predicted octanol–water partition coefficient (Wildman–Crippen LogP) is 1.55. The Labute approximate surface area is 125 Å². The highest BCUT2D eigenvalue weighted by molar-refractivity contribution is 6.00. The Hall–Kier alpha value is -2.11. The van der Waals surface area contributed by atoms with Crippen LogP contribution < -0.4 is 16.0 Å². The Kier molecular flexibility index (Phi) is 7.21. The molecule has 0 fully saturated rings. The number of carbonyl (C=O) groups is 2. The molecule has 0 bridgehead atoms. The summed E-state index contributed by atoms with van der Waals surface area (Å²) in [6, 6.07) is 2.81. The fraction of sp³-hybridized carbons (Fsp3) is 0.533. The maximum atomic E-state index is 12.2. The van der Waals surface area contributed by atoms with E-state index in [2.05, 4.69) is 20.9 Å². The number of anilines is 1. The molecular formula is C15H24N4O2. The van der Waals surface area contributed by atoms with Crippen molar-refractivity contribution in [3.05, 3.63) is 23.9 Å². The molecule has 1 atom stereocenters. The largest absolute Gasteiger partial charge is 0.369 e. The van der Waals surface area contributed by atoms with E-state index in [4.69, 9.17) is 0 Å². The molecule has 1 heterocycles. The molecule has 0 radical (unpaired) electrons. The SMILES string of the molecule is CCCNC(=O)C(C)NC(=O)c1cccnc1NCCC. The van der Waals surface area contributed by atoms with E-state index in [1.807, 2.05) is 13.8 Å². The van der Waals surface area contributed by atoms with Crippen molar-refractivity contribution in [3.8, 4) is 0 Å². The van der Waals surface area contributed by atoms with Gasteiger partial charge in [-0.3, -0.25) is 9.59 Å². The molecule has 6 heteroatoms. The van der Waals surface area contributed by atoms with E-state index in [1.165, 1.54) is 0 Å². The molecule has 1 aromatic rings. The minimum Gasteiger partial charge on any atom is -0.369 e. The highest BCUT2D eigenvalue weighted by Crippen LogP contribution is 2.11. The Balaban J connectivity index is 2.68. The zero-order valence-electron chi connectivity index (χ0n) is 12.9. The van der Waals surface area contributed by atoms with Gasteiger partial charge in [0.15, 0.2) is 0 Å². The third kappa shape index (κ3) is 5.41. The number of carbonyl (C=O) groups excluding carboxylic acids is 2. The van der Waals surface area contributed by atoms with Crippen LogP contribution in [-0.2, 0) is 4.79 Å². The van der Waals surface area contributed by atoms with Gasteiger partial charge in [-0.05, 0) is 31.9 Å². The molecule has 3 N–H and O–H groups in total. The van der Waals surface area contributed by atoms with Crippen molar-refractivity contribution < 1.29 is 9.59 Å². The normalized spacial score (nSPS) is 11.6. The molecule has 0 aliphatic carbocycles. The molecule has 1 unspecified atom stereocenters. The number of nitrogens with zero attached hydrogens (tertiary/aromatic N) is 1. The predicted molar refractivity (Wildman–Crippen MR) is 83.2 cm³/mol. The summed E-state index contributed by atoms with van der Waals surface area (Å²) in [5.74, 6) is 0.0519. The van der Waals surface area contributed by atoms with Gasteiger partial charge in [0.2, 0.25) is 5.91 Å². The van der Waals surface area contributed by atoms with E-state index in [9.17, 15) is 9.59 Å². The van der Waals surface area contributed by atoms with E-state index >= 15 is 0 Å². The lowest BCUT2D eigenvalue weighted by atomic mass is 10.2. The first-order chi connectivity index (χ1) is 10.1.